The van der Waals surface area contributed by atoms with E-state index in [-0.39, 0.29) is 5.92 Å². The highest BCUT2D eigenvalue weighted by molar-refractivity contribution is 5.77. The Hall–Kier alpha value is -3.33. The van der Waals surface area contributed by atoms with Gasteiger partial charge in [-0.05, 0) is 62.1 Å². The number of nitrogens with one attached hydrogen (secondary N) is 1. The molecule has 0 amide bonds. The van der Waals surface area contributed by atoms with Gasteiger partial charge < -0.3 is 15.8 Å². The van der Waals surface area contributed by atoms with E-state index in [1.54, 1.807) is 0 Å². The van der Waals surface area contributed by atoms with Crippen molar-refractivity contribution in [1.29, 1.82) is 0 Å². The van der Waals surface area contributed by atoms with Crippen molar-refractivity contribution < 1.29 is 4.79 Å². The molecule has 0 bridgehead atoms. The fraction of sp³-hybridized carbons (Fsp3) is 0.192. The quantitative estimate of drug-likeness (QED) is 0.364. The van der Waals surface area contributed by atoms with Crippen LogP contribution in [0.25, 0.3) is 5.70 Å². The first-order valence-electron chi connectivity index (χ1n) is 9.97. The number of benzene rings is 3. The van der Waals surface area contributed by atoms with E-state index in [0.717, 1.165) is 47.3 Å². The lowest BCUT2D eigenvalue weighted by molar-refractivity contribution is -0.109. The first-order valence-corrected chi connectivity index (χ1v) is 9.97. The molecule has 0 saturated heterocycles. The van der Waals surface area contributed by atoms with E-state index in [1.165, 1.54) is 11.1 Å². The lowest BCUT2D eigenvalue weighted by atomic mass is 9.94. The maximum Gasteiger partial charge on any atom is 0.127 e. The molecule has 0 fully saturated rings. The molecule has 0 spiro atoms. The average Bonchev–Trinajstić information content (AvgIpc) is 2.72. The zero-order valence-corrected chi connectivity index (χ0v) is 17.1. The Morgan fingerprint density at radius 2 is 1.69 bits per heavy atom. The predicted molar refractivity (Wildman–Crippen MR) is 123 cm³/mol. The molecule has 0 aliphatic rings. The second-order valence-corrected chi connectivity index (χ2v) is 7.46. The highest BCUT2D eigenvalue weighted by atomic mass is 16.1. The zero-order chi connectivity index (χ0) is 20.6. The summed E-state index contributed by atoms with van der Waals surface area (Å²) in [6, 6.07) is 24.3. The molecular weight excluding hydrogens is 356 g/mol. The van der Waals surface area contributed by atoms with Gasteiger partial charge >= 0.3 is 0 Å². The molecule has 0 aromatic heterocycles. The van der Waals surface area contributed by atoms with Crippen LogP contribution in [0.3, 0.4) is 0 Å². The normalized spacial score (nSPS) is 12.4. The molecule has 3 aromatic carbocycles. The fourth-order valence-corrected chi connectivity index (χ4v) is 3.32. The number of aryl methyl sites for hydroxylation is 2. The van der Waals surface area contributed by atoms with E-state index in [4.69, 9.17) is 5.73 Å². The minimum absolute atomic E-state index is 0.0989. The van der Waals surface area contributed by atoms with E-state index in [0.29, 0.717) is 0 Å². The van der Waals surface area contributed by atoms with Gasteiger partial charge in [0.2, 0.25) is 0 Å². The number of allylic oxidation sites excluding steroid dienone is 1. The Morgan fingerprint density at radius 1 is 0.966 bits per heavy atom. The van der Waals surface area contributed by atoms with Gasteiger partial charge in [-0.3, -0.25) is 0 Å². The second kappa shape index (κ2) is 9.74. The van der Waals surface area contributed by atoms with Crippen LogP contribution in [0.4, 0.5) is 11.4 Å². The van der Waals surface area contributed by atoms with Gasteiger partial charge in [0.1, 0.15) is 6.29 Å². The maximum atomic E-state index is 11.7. The molecule has 0 aliphatic carbocycles. The monoisotopic (exact) mass is 384 g/mol. The third kappa shape index (κ3) is 5.82. The topological polar surface area (TPSA) is 55.1 Å². The van der Waals surface area contributed by atoms with Crippen molar-refractivity contribution in [3.8, 4) is 0 Å². The van der Waals surface area contributed by atoms with Crippen molar-refractivity contribution in [2.45, 2.75) is 32.6 Å². The molecular formula is C26H28N2O. The molecule has 3 rings (SSSR count). The highest BCUT2D eigenvalue weighted by Crippen LogP contribution is 2.24. The molecule has 3 nitrogen and oxygen atoms in total. The Balaban J connectivity index is 1.79. The van der Waals surface area contributed by atoms with Crippen molar-refractivity contribution in [3.05, 3.63) is 101 Å². The van der Waals surface area contributed by atoms with Crippen molar-refractivity contribution >= 4 is 23.4 Å². The number of nitrogens with two attached hydrogens (primary N) is 1. The number of nitrogen functional groups attached to an aromatic ring is 1. The molecule has 1 unspecified atom stereocenters. The van der Waals surface area contributed by atoms with Gasteiger partial charge in [-0.2, -0.15) is 0 Å². The Kier molecular flexibility index (Phi) is 6.85. The largest absolute Gasteiger partial charge is 0.399 e. The molecule has 148 valence electrons. The van der Waals surface area contributed by atoms with Gasteiger partial charge in [-0.15, -0.1) is 0 Å². The molecule has 3 N–H and O–H groups in total. The summed E-state index contributed by atoms with van der Waals surface area (Å²) in [6.07, 6.45) is 4.77. The summed E-state index contributed by atoms with van der Waals surface area (Å²) in [6.45, 7) is 4.13. The summed E-state index contributed by atoms with van der Waals surface area (Å²) >= 11 is 0. The van der Waals surface area contributed by atoms with Gasteiger partial charge in [-0.1, -0.05) is 65.7 Å². The number of aldehydes is 1. The first-order chi connectivity index (χ1) is 14.0. The smallest absolute Gasteiger partial charge is 0.127 e. The van der Waals surface area contributed by atoms with Crippen LogP contribution in [0.2, 0.25) is 0 Å². The average molecular weight is 385 g/mol. The number of rotatable bonds is 8. The predicted octanol–water partition coefficient (Wildman–Crippen LogP) is 6.10. The first kappa shape index (κ1) is 20.4. The highest BCUT2D eigenvalue weighted by Gasteiger charge is 2.10. The van der Waals surface area contributed by atoms with Crippen LogP contribution < -0.4 is 11.1 Å². The number of carbonyl (C=O) groups is 1. The van der Waals surface area contributed by atoms with Crippen LogP contribution in [-0.4, -0.2) is 6.29 Å². The minimum Gasteiger partial charge on any atom is -0.399 e. The lowest BCUT2D eigenvalue weighted by Gasteiger charge is -2.14. The fourth-order valence-electron chi connectivity index (χ4n) is 3.32. The van der Waals surface area contributed by atoms with Crippen LogP contribution in [0, 0.1) is 13.8 Å². The van der Waals surface area contributed by atoms with E-state index in [2.05, 4.69) is 61.6 Å². The van der Waals surface area contributed by atoms with Gasteiger partial charge in [0.15, 0.2) is 0 Å². The summed E-state index contributed by atoms with van der Waals surface area (Å²) in [5.74, 6) is -0.0989. The van der Waals surface area contributed by atoms with Crippen LogP contribution in [0.15, 0.2) is 78.9 Å². The third-order valence-electron chi connectivity index (χ3n) is 5.01. The summed E-state index contributed by atoms with van der Waals surface area (Å²) < 4.78 is 0. The van der Waals surface area contributed by atoms with E-state index in [1.807, 2.05) is 36.4 Å². The molecule has 0 saturated carbocycles. The number of hydrogen-bond acceptors (Lipinski definition) is 3. The molecule has 0 aliphatic heterocycles. The third-order valence-corrected chi connectivity index (χ3v) is 5.01. The Labute approximate surface area is 173 Å². The SMILES string of the molecule is Cc1ccc(N/C(=C\CCC(C=O)c2cccc(C)c2)c2ccc(N)cc2)cc1. The van der Waals surface area contributed by atoms with Crippen LogP contribution in [0.1, 0.15) is 41.0 Å². The molecule has 3 heteroatoms. The van der Waals surface area contributed by atoms with Gasteiger partial charge in [-0.25, -0.2) is 0 Å². The number of hydrogen-bond donors (Lipinski definition) is 2. The van der Waals surface area contributed by atoms with Crippen molar-refractivity contribution in [2.75, 3.05) is 11.1 Å². The molecule has 3 aromatic rings. The maximum absolute atomic E-state index is 11.7. The summed E-state index contributed by atoms with van der Waals surface area (Å²) in [5, 5.41) is 3.51. The summed E-state index contributed by atoms with van der Waals surface area (Å²) in [4.78, 5) is 11.7. The van der Waals surface area contributed by atoms with Crippen molar-refractivity contribution in [2.24, 2.45) is 0 Å². The lowest BCUT2D eigenvalue weighted by Crippen LogP contribution is -2.02. The van der Waals surface area contributed by atoms with Crippen molar-refractivity contribution in [3.63, 3.8) is 0 Å². The van der Waals surface area contributed by atoms with E-state index >= 15 is 0 Å². The second-order valence-electron chi connectivity index (χ2n) is 7.46. The van der Waals surface area contributed by atoms with E-state index < -0.39 is 0 Å². The summed E-state index contributed by atoms with van der Waals surface area (Å²) in [7, 11) is 0. The summed E-state index contributed by atoms with van der Waals surface area (Å²) in [5.41, 5.74) is 13.2. The number of carbonyl (C=O) groups excluding carboxylic acids is 1. The number of anilines is 2. The Bertz CT molecular complexity index is 972. The van der Waals surface area contributed by atoms with Crippen LogP contribution >= 0.6 is 0 Å². The van der Waals surface area contributed by atoms with E-state index in [9.17, 15) is 4.79 Å². The van der Waals surface area contributed by atoms with Crippen LogP contribution in [-0.2, 0) is 4.79 Å². The van der Waals surface area contributed by atoms with Gasteiger partial charge in [0, 0.05) is 23.0 Å². The van der Waals surface area contributed by atoms with Gasteiger partial charge in [0.25, 0.3) is 0 Å². The van der Waals surface area contributed by atoms with Crippen LogP contribution in [0.5, 0.6) is 0 Å². The molecule has 1 atom stereocenters. The molecule has 0 radical (unpaired) electrons. The molecule has 29 heavy (non-hydrogen) atoms. The van der Waals surface area contributed by atoms with Crippen molar-refractivity contribution in [1.82, 2.24) is 0 Å². The van der Waals surface area contributed by atoms with Gasteiger partial charge in [0.05, 0.1) is 0 Å². The standard InChI is InChI=1S/C26H28N2O/c1-19-9-15-25(16-10-19)28-26(21-11-13-24(27)14-12-21)8-4-7-23(18-29)22-6-3-5-20(2)17-22/h3,5-6,8-18,23,28H,4,7,27H2,1-2H3/b26-8-. The molecule has 0 heterocycles. The zero-order valence-electron chi connectivity index (χ0n) is 17.1. The minimum atomic E-state index is -0.0989. The Morgan fingerprint density at radius 3 is 2.34 bits per heavy atom.